The lowest BCUT2D eigenvalue weighted by atomic mass is 9.98. The van der Waals surface area contributed by atoms with Gasteiger partial charge in [-0.2, -0.15) is 0 Å². The Kier molecular flexibility index (Phi) is 4.56. The van der Waals surface area contributed by atoms with E-state index in [4.69, 9.17) is 0 Å². The molecule has 1 saturated carbocycles. The molecule has 1 aromatic rings. The van der Waals surface area contributed by atoms with E-state index in [1.165, 1.54) is 5.56 Å². The van der Waals surface area contributed by atoms with Crippen LogP contribution in [0.1, 0.15) is 18.4 Å². The number of nitrogens with zero attached hydrogens (tertiary/aromatic N) is 4. The summed E-state index contributed by atoms with van der Waals surface area (Å²) in [6.07, 6.45) is 2.06. The van der Waals surface area contributed by atoms with Crippen molar-refractivity contribution < 1.29 is 4.79 Å². The predicted octanol–water partition coefficient (Wildman–Crippen LogP) is 1.24. The maximum absolute atomic E-state index is 12.9. The average molecular weight is 342 g/mol. The smallest absolute Gasteiger partial charge is 0.237 e. The van der Waals surface area contributed by atoms with Crippen LogP contribution in [-0.4, -0.2) is 87.1 Å². The highest BCUT2D eigenvalue weighted by Gasteiger charge is 2.58. The summed E-state index contributed by atoms with van der Waals surface area (Å²) in [7, 11) is 4.27. The summed E-state index contributed by atoms with van der Waals surface area (Å²) in [5, 5.41) is 0. The van der Waals surface area contributed by atoms with Gasteiger partial charge in [-0.25, -0.2) is 0 Å². The molecular formula is C20H30N4O. The SMILES string of the molecule is CN(C)CCN1CCN(CCN2C(=O)C3(CC3)c3ccccc32)CC1. The lowest BCUT2D eigenvalue weighted by Gasteiger charge is -2.35. The van der Waals surface area contributed by atoms with Crippen LogP contribution in [0.15, 0.2) is 24.3 Å². The minimum atomic E-state index is -0.151. The van der Waals surface area contributed by atoms with E-state index in [0.717, 1.165) is 70.9 Å². The van der Waals surface area contributed by atoms with Gasteiger partial charge in [-0.1, -0.05) is 18.2 Å². The van der Waals surface area contributed by atoms with Gasteiger partial charge < -0.3 is 9.80 Å². The monoisotopic (exact) mass is 342 g/mol. The normalized spacial score (nSPS) is 22.8. The molecule has 1 aromatic carbocycles. The Morgan fingerprint density at radius 1 is 0.960 bits per heavy atom. The highest BCUT2D eigenvalue weighted by atomic mass is 16.2. The molecule has 1 saturated heterocycles. The van der Waals surface area contributed by atoms with E-state index in [-0.39, 0.29) is 5.41 Å². The molecule has 5 nitrogen and oxygen atoms in total. The van der Waals surface area contributed by atoms with E-state index in [9.17, 15) is 4.79 Å². The number of para-hydroxylation sites is 1. The zero-order valence-electron chi connectivity index (χ0n) is 15.6. The highest BCUT2D eigenvalue weighted by Crippen LogP contribution is 2.57. The van der Waals surface area contributed by atoms with E-state index in [1.54, 1.807) is 0 Å². The van der Waals surface area contributed by atoms with E-state index in [0.29, 0.717) is 5.91 Å². The lowest BCUT2D eigenvalue weighted by molar-refractivity contribution is -0.120. The zero-order chi connectivity index (χ0) is 17.4. The van der Waals surface area contributed by atoms with Crippen LogP contribution in [0.2, 0.25) is 0 Å². The van der Waals surface area contributed by atoms with Gasteiger partial charge in [-0.05, 0) is 38.6 Å². The summed E-state index contributed by atoms with van der Waals surface area (Å²) < 4.78 is 0. The van der Waals surface area contributed by atoms with Crippen molar-refractivity contribution in [2.75, 3.05) is 71.4 Å². The third-order valence-electron chi connectivity index (χ3n) is 6.08. The molecule has 0 aromatic heterocycles. The molecule has 0 unspecified atom stereocenters. The number of likely N-dealkylation sites (N-methyl/N-ethyl adjacent to an activating group) is 1. The molecule has 2 aliphatic heterocycles. The predicted molar refractivity (Wildman–Crippen MR) is 101 cm³/mol. The molecule has 0 bridgehead atoms. The minimum Gasteiger partial charge on any atom is -0.310 e. The molecular weight excluding hydrogens is 312 g/mol. The van der Waals surface area contributed by atoms with Gasteiger partial charge in [0.15, 0.2) is 0 Å². The van der Waals surface area contributed by atoms with Crippen LogP contribution in [0.25, 0.3) is 0 Å². The van der Waals surface area contributed by atoms with Gasteiger partial charge >= 0.3 is 0 Å². The summed E-state index contributed by atoms with van der Waals surface area (Å²) in [6, 6.07) is 8.41. The first-order valence-corrected chi connectivity index (χ1v) is 9.61. The molecule has 136 valence electrons. The Morgan fingerprint density at radius 2 is 1.60 bits per heavy atom. The fourth-order valence-corrected chi connectivity index (χ4v) is 4.25. The number of carbonyl (C=O) groups is 1. The number of rotatable bonds is 6. The van der Waals surface area contributed by atoms with Crippen LogP contribution in [0.3, 0.4) is 0 Å². The number of benzene rings is 1. The molecule has 0 radical (unpaired) electrons. The Morgan fingerprint density at radius 3 is 2.24 bits per heavy atom. The van der Waals surface area contributed by atoms with Gasteiger partial charge in [0.25, 0.3) is 0 Å². The molecule has 4 rings (SSSR count). The highest BCUT2D eigenvalue weighted by molar-refractivity contribution is 6.10. The Hall–Kier alpha value is -1.43. The van der Waals surface area contributed by atoms with Crippen molar-refractivity contribution in [1.29, 1.82) is 0 Å². The molecule has 1 aliphatic carbocycles. The van der Waals surface area contributed by atoms with Crippen molar-refractivity contribution in [1.82, 2.24) is 14.7 Å². The fraction of sp³-hybridized carbons (Fsp3) is 0.650. The minimum absolute atomic E-state index is 0.151. The second kappa shape index (κ2) is 6.71. The Labute approximate surface area is 151 Å². The van der Waals surface area contributed by atoms with E-state index in [1.807, 2.05) is 0 Å². The molecule has 0 atom stereocenters. The first-order chi connectivity index (χ1) is 12.1. The van der Waals surface area contributed by atoms with Gasteiger partial charge in [0.2, 0.25) is 5.91 Å². The van der Waals surface area contributed by atoms with Gasteiger partial charge in [-0.3, -0.25) is 14.6 Å². The summed E-state index contributed by atoms with van der Waals surface area (Å²) >= 11 is 0. The molecule has 0 N–H and O–H groups in total. The topological polar surface area (TPSA) is 30.0 Å². The first kappa shape index (κ1) is 17.0. The van der Waals surface area contributed by atoms with Gasteiger partial charge in [0.05, 0.1) is 5.41 Å². The van der Waals surface area contributed by atoms with Crippen LogP contribution in [-0.2, 0) is 10.2 Å². The largest absolute Gasteiger partial charge is 0.310 e. The van der Waals surface area contributed by atoms with Crippen molar-refractivity contribution in [2.24, 2.45) is 0 Å². The lowest BCUT2D eigenvalue weighted by Crippen LogP contribution is -2.50. The Balaban J connectivity index is 1.31. The van der Waals surface area contributed by atoms with Crippen molar-refractivity contribution in [3.63, 3.8) is 0 Å². The number of anilines is 1. The molecule has 2 fully saturated rings. The van der Waals surface area contributed by atoms with Gasteiger partial charge in [0.1, 0.15) is 0 Å². The molecule has 5 heteroatoms. The number of fused-ring (bicyclic) bond motifs is 2. The number of piperazine rings is 1. The average Bonchev–Trinajstić information content (AvgIpc) is 3.39. The van der Waals surface area contributed by atoms with Crippen LogP contribution in [0.5, 0.6) is 0 Å². The molecule has 2 heterocycles. The standard InChI is InChI=1S/C20H30N4O/c1-21(2)9-10-22-11-13-23(14-12-22)15-16-24-18-6-4-3-5-17(18)20(7-8-20)19(24)25/h3-6H,7-16H2,1-2H3. The Bertz CT molecular complexity index is 632. The maximum Gasteiger partial charge on any atom is 0.237 e. The molecule has 1 spiro atoms. The molecule has 1 amide bonds. The second-order valence-electron chi connectivity index (χ2n) is 8.04. The fourth-order valence-electron chi connectivity index (χ4n) is 4.25. The van der Waals surface area contributed by atoms with Crippen molar-refractivity contribution in [3.8, 4) is 0 Å². The van der Waals surface area contributed by atoms with Crippen LogP contribution < -0.4 is 4.90 Å². The number of hydrogen-bond donors (Lipinski definition) is 0. The van der Waals surface area contributed by atoms with Crippen LogP contribution in [0.4, 0.5) is 5.69 Å². The number of carbonyl (C=O) groups excluding carboxylic acids is 1. The number of hydrogen-bond acceptors (Lipinski definition) is 4. The van der Waals surface area contributed by atoms with Gasteiger partial charge in [0, 0.05) is 58.0 Å². The summed E-state index contributed by atoms with van der Waals surface area (Å²) in [5.41, 5.74) is 2.28. The first-order valence-electron chi connectivity index (χ1n) is 9.61. The van der Waals surface area contributed by atoms with E-state index in [2.05, 4.69) is 58.0 Å². The van der Waals surface area contributed by atoms with Crippen LogP contribution in [0, 0.1) is 0 Å². The third kappa shape index (κ3) is 3.21. The quantitative estimate of drug-likeness (QED) is 0.778. The zero-order valence-corrected chi connectivity index (χ0v) is 15.6. The summed E-state index contributed by atoms with van der Waals surface area (Å²) in [5.74, 6) is 0.346. The molecule has 3 aliphatic rings. The number of amides is 1. The van der Waals surface area contributed by atoms with Gasteiger partial charge in [-0.15, -0.1) is 0 Å². The van der Waals surface area contributed by atoms with Crippen molar-refractivity contribution >= 4 is 11.6 Å². The summed E-state index contributed by atoms with van der Waals surface area (Å²) in [6.45, 7) is 8.60. The second-order valence-corrected chi connectivity index (χ2v) is 8.04. The van der Waals surface area contributed by atoms with Crippen LogP contribution >= 0.6 is 0 Å². The summed E-state index contributed by atoms with van der Waals surface area (Å²) in [4.78, 5) is 22.3. The maximum atomic E-state index is 12.9. The third-order valence-corrected chi connectivity index (χ3v) is 6.08. The van der Waals surface area contributed by atoms with E-state index >= 15 is 0 Å². The van der Waals surface area contributed by atoms with Crippen molar-refractivity contribution in [2.45, 2.75) is 18.3 Å². The molecule has 25 heavy (non-hydrogen) atoms. The van der Waals surface area contributed by atoms with Crippen molar-refractivity contribution in [3.05, 3.63) is 29.8 Å². The van der Waals surface area contributed by atoms with E-state index < -0.39 is 0 Å².